The molecule has 1 aromatic heterocycles. The number of nitrogens with zero attached hydrogens (tertiary/aromatic N) is 2. The Kier molecular flexibility index (Phi) is 3.61. The van der Waals surface area contributed by atoms with Gasteiger partial charge in [-0.3, -0.25) is 9.59 Å². The van der Waals surface area contributed by atoms with E-state index in [1.165, 1.54) is 6.33 Å². The number of hydrogen-bond donors (Lipinski definition) is 1. The van der Waals surface area contributed by atoms with Crippen molar-refractivity contribution < 1.29 is 4.79 Å². The van der Waals surface area contributed by atoms with E-state index < -0.39 is 0 Å². The lowest BCUT2D eigenvalue weighted by atomic mass is 9.93. The third-order valence-electron chi connectivity index (χ3n) is 3.17. The lowest BCUT2D eigenvalue weighted by Gasteiger charge is -2.31. The van der Waals surface area contributed by atoms with E-state index in [0.29, 0.717) is 28.9 Å². The number of carbonyl (C=O) groups excluding carboxylic acids is 1. The summed E-state index contributed by atoms with van der Waals surface area (Å²) in [5, 5.41) is 0. The van der Waals surface area contributed by atoms with Gasteiger partial charge in [0.25, 0.3) is 5.56 Å². The van der Waals surface area contributed by atoms with Gasteiger partial charge in [-0.2, -0.15) is 0 Å². The lowest BCUT2D eigenvalue weighted by Crippen LogP contribution is -2.36. The average molecular weight is 300 g/mol. The third kappa shape index (κ3) is 2.57. The highest BCUT2D eigenvalue weighted by atomic mass is 79.9. The second kappa shape index (κ2) is 5.00. The summed E-state index contributed by atoms with van der Waals surface area (Å²) in [5.74, 6) is 0.959. The molecule has 1 aliphatic carbocycles. The highest BCUT2D eigenvalue weighted by Crippen LogP contribution is 2.26. The van der Waals surface area contributed by atoms with Crippen molar-refractivity contribution in [1.29, 1.82) is 0 Å². The van der Waals surface area contributed by atoms with E-state index in [2.05, 4.69) is 25.9 Å². The maximum atomic E-state index is 11.5. The summed E-state index contributed by atoms with van der Waals surface area (Å²) in [4.78, 5) is 31.3. The predicted octanol–water partition coefficient (Wildman–Crippen LogP) is 1.48. The number of halogens is 1. The predicted molar refractivity (Wildman–Crippen MR) is 68.2 cm³/mol. The third-order valence-corrected chi connectivity index (χ3v) is 3.89. The summed E-state index contributed by atoms with van der Waals surface area (Å²) in [7, 11) is 1.91. The van der Waals surface area contributed by atoms with Gasteiger partial charge in [-0.05, 0) is 28.8 Å². The summed E-state index contributed by atoms with van der Waals surface area (Å²) in [6.07, 6.45) is 4.30. The molecule has 6 heteroatoms. The molecule has 1 aromatic rings. The van der Waals surface area contributed by atoms with Crippen LogP contribution in [0.25, 0.3) is 0 Å². The molecule has 0 aliphatic heterocycles. The Morgan fingerprint density at radius 1 is 1.41 bits per heavy atom. The molecule has 0 aromatic carbocycles. The molecule has 2 rings (SSSR count). The number of rotatable bonds is 2. The molecule has 0 spiro atoms. The molecule has 1 aliphatic rings. The summed E-state index contributed by atoms with van der Waals surface area (Å²) < 4.78 is 0.444. The van der Waals surface area contributed by atoms with Crippen LogP contribution in [0.1, 0.15) is 25.7 Å². The molecule has 5 nitrogen and oxygen atoms in total. The van der Waals surface area contributed by atoms with E-state index in [9.17, 15) is 9.59 Å². The maximum Gasteiger partial charge on any atom is 0.267 e. The van der Waals surface area contributed by atoms with Gasteiger partial charge in [0.1, 0.15) is 16.1 Å². The quantitative estimate of drug-likeness (QED) is 0.898. The first-order chi connectivity index (χ1) is 8.09. The zero-order chi connectivity index (χ0) is 12.4. The fraction of sp³-hybridized carbons (Fsp3) is 0.545. The van der Waals surface area contributed by atoms with E-state index in [0.717, 1.165) is 12.8 Å². The Morgan fingerprint density at radius 2 is 2.06 bits per heavy atom. The van der Waals surface area contributed by atoms with Crippen LogP contribution < -0.4 is 10.5 Å². The molecule has 0 bridgehead atoms. The zero-order valence-corrected chi connectivity index (χ0v) is 11.2. The standard InChI is InChI=1S/C11H14BrN3O2/c1-15(7-2-4-8(16)5-3-7)10-9(12)11(17)14-6-13-10/h6-7H,2-5H2,1H3,(H,13,14,17). The van der Waals surface area contributed by atoms with Gasteiger partial charge < -0.3 is 9.88 Å². The Balaban J connectivity index is 2.19. The van der Waals surface area contributed by atoms with Crippen LogP contribution in [0.2, 0.25) is 0 Å². The summed E-state index contributed by atoms with van der Waals surface area (Å²) in [5.41, 5.74) is -0.186. The van der Waals surface area contributed by atoms with Crippen LogP contribution in [0.4, 0.5) is 5.82 Å². The normalized spacial score (nSPS) is 17.2. The van der Waals surface area contributed by atoms with Crippen molar-refractivity contribution in [3.05, 3.63) is 21.2 Å². The second-order valence-corrected chi connectivity index (χ2v) is 5.04. The second-order valence-electron chi connectivity index (χ2n) is 4.25. The smallest absolute Gasteiger partial charge is 0.267 e. The molecule has 17 heavy (non-hydrogen) atoms. The number of Topliss-reactive ketones (excluding diaryl/α,β-unsaturated/α-hetero) is 1. The molecular weight excluding hydrogens is 286 g/mol. The van der Waals surface area contributed by atoms with Gasteiger partial charge in [0.05, 0.1) is 6.33 Å². The molecule has 0 saturated heterocycles. The number of anilines is 1. The van der Waals surface area contributed by atoms with Gasteiger partial charge in [0, 0.05) is 25.9 Å². The van der Waals surface area contributed by atoms with Crippen molar-refractivity contribution in [2.75, 3.05) is 11.9 Å². The summed E-state index contributed by atoms with van der Waals surface area (Å²) in [6, 6.07) is 0.276. The number of carbonyl (C=O) groups is 1. The Labute approximate surface area is 107 Å². The van der Waals surface area contributed by atoms with Crippen LogP contribution in [0, 0.1) is 0 Å². The fourth-order valence-corrected chi connectivity index (χ4v) is 2.60. The maximum absolute atomic E-state index is 11.5. The van der Waals surface area contributed by atoms with E-state index in [1.807, 2.05) is 11.9 Å². The number of nitrogens with one attached hydrogen (secondary N) is 1. The molecule has 92 valence electrons. The first kappa shape index (κ1) is 12.3. The number of aromatic nitrogens is 2. The Bertz CT molecular complexity index is 476. The van der Waals surface area contributed by atoms with Gasteiger partial charge in [-0.15, -0.1) is 0 Å². The molecule has 1 fully saturated rings. The molecule has 1 heterocycles. The van der Waals surface area contributed by atoms with E-state index >= 15 is 0 Å². The van der Waals surface area contributed by atoms with Crippen molar-refractivity contribution in [3.63, 3.8) is 0 Å². The topological polar surface area (TPSA) is 66.1 Å². The van der Waals surface area contributed by atoms with E-state index in [-0.39, 0.29) is 11.6 Å². The molecule has 0 amide bonds. The van der Waals surface area contributed by atoms with Crippen molar-refractivity contribution in [1.82, 2.24) is 9.97 Å². The van der Waals surface area contributed by atoms with Gasteiger partial charge >= 0.3 is 0 Å². The van der Waals surface area contributed by atoms with E-state index in [1.54, 1.807) is 0 Å². The van der Waals surface area contributed by atoms with Crippen molar-refractivity contribution >= 4 is 27.5 Å². The van der Waals surface area contributed by atoms with Crippen molar-refractivity contribution in [2.24, 2.45) is 0 Å². The van der Waals surface area contributed by atoms with Crippen molar-refractivity contribution in [2.45, 2.75) is 31.7 Å². The first-order valence-electron chi connectivity index (χ1n) is 5.57. The zero-order valence-electron chi connectivity index (χ0n) is 9.57. The van der Waals surface area contributed by atoms with Crippen LogP contribution in [0.3, 0.4) is 0 Å². The molecule has 0 atom stereocenters. The van der Waals surface area contributed by atoms with Gasteiger partial charge in [-0.25, -0.2) is 4.98 Å². The van der Waals surface area contributed by atoms with Crippen LogP contribution in [-0.2, 0) is 4.79 Å². The van der Waals surface area contributed by atoms with Gasteiger partial charge in [0.15, 0.2) is 0 Å². The highest BCUT2D eigenvalue weighted by Gasteiger charge is 2.24. The number of aromatic amines is 1. The summed E-state index contributed by atoms with van der Waals surface area (Å²) in [6.45, 7) is 0. The number of H-pyrrole nitrogens is 1. The number of ketones is 1. The SMILES string of the molecule is CN(c1nc[nH]c(=O)c1Br)C1CCC(=O)CC1. The minimum absolute atomic E-state index is 0.186. The first-order valence-corrected chi connectivity index (χ1v) is 6.36. The number of hydrogen-bond acceptors (Lipinski definition) is 4. The Morgan fingerprint density at radius 3 is 2.71 bits per heavy atom. The molecule has 1 N–H and O–H groups in total. The lowest BCUT2D eigenvalue weighted by molar-refractivity contribution is -0.120. The van der Waals surface area contributed by atoms with Crippen LogP contribution >= 0.6 is 15.9 Å². The Hall–Kier alpha value is -1.17. The van der Waals surface area contributed by atoms with Crippen LogP contribution in [-0.4, -0.2) is 28.8 Å². The largest absolute Gasteiger partial charge is 0.356 e. The monoisotopic (exact) mass is 299 g/mol. The minimum Gasteiger partial charge on any atom is -0.356 e. The summed E-state index contributed by atoms with van der Waals surface area (Å²) >= 11 is 3.24. The highest BCUT2D eigenvalue weighted by molar-refractivity contribution is 9.10. The molecule has 0 radical (unpaired) electrons. The van der Waals surface area contributed by atoms with Crippen molar-refractivity contribution in [3.8, 4) is 0 Å². The molecule has 1 saturated carbocycles. The van der Waals surface area contributed by atoms with Crippen LogP contribution in [0.5, 0.6) is 0 Å². The van der Waals surface area contributed by atoms with Gasteiger partial charge in [-0.1, -0.05) is 0 Å². The molecule has 0 unspecified atom stereocenters. The molecular formula is C11H14BrN3O2. The van der Waals surface area contributed by atoms with Gasteiger partial charge in [0.2, 0.25) is 0 Å². The fourth-order valence-electron chi connectivity index (χ4n) is 2.10. The average Bonchev–Trinajstić information content (AvgIpc) is 2.33. The van der Waals surface area contributed by atoms with E-state index in [4.69, 9.17) is 0 Å². The minimum atomic E-state index is -0.186. The van der Waals surface area contributed by atoms with Crippen LogP contribution in [0.15, 0.2) is 15.6 Å².